The van der Waals surface area contributed by atoms with Crippen LogP contribution in [0.1, 0.15) is 0 Å². The molecule has 0 aliphatic heterocycles. The molecule has 0 aliphatic rings. The molecule has 4 aromatic rings. The van der Waals surface area contributed by atoms with Gasteiger partial charge in [-0.2, -0.15) is 0 Å². The van der Waals surface area contributed by atoms with Crippen molar-refractivity contribution in [2.24, 2.45) is 0 Å². The Hall–Kier alpha value is -1.57. The van der Waals surface area contributed by atoms with Crippen molar-refractivity contribution >= 4 is 74.5 Å². The number of halogens is 4. The molecule has 0 saturated carbocycles. The first-order valence-corrected chi connectivity index (χ1v) is 13.2. The van der Waals surface area contributed by atoms with Gasteiger partial charge in [0.15, 0.2) is 0 Å². The first-order chi connectivity index (χ1) is 15.0. The van der Waals surface area contributed by atoms with E-state index in [1.54, 1.807) is 7.11 Å². The molecule has 0 spiro atoms. The summed E-state index contributed by atoms with van der Waals surface area (Å²) in [5, 5.41) is 5.31. The van der Waals surface area contributed by atoms with Crippen LogP contribution in [-0.4, -0.2) is 7.11 Å². The van der Waals surface area contributed by atoms with Crippen LogP contribution in [0.2, 0.25) is 20.1 Å². The Kier molecular flexibility index (Phi) is 6.39. The minimum absolute atomic E-state index is 0.543. The molecule has 4 rings (SSSR count). The van der Waals surface area contributed by atoms with Crippen LogP contribution in [-0.2, 0) is 4.52 Å². The molecule has 158 valence electrons. The van der Waals surface area contributed by atoms with Gasteiger partial charge in [0.05, 0.1) is 0 Å². The van der Waals surface area contributed by atoms with Crippen LogP contribution in [0.5, 0.6) is 0 Å². The molecule has 0 saturated heterocycles. The predicted molar refractivity (Wildman–Crippen MR) is 138 cm³/mol. The topological polar surface area (TPSA) is 9.23 Å². The van der Waals surface area contributed by atoms with Crippen molar-refractivity contribution in [3.63, 3.8) is 0 Å². The van der Waals surface area contributed by atoms with E-state index in [2.05, 4.69) is 0 Å². The van der Waals surface area contributed by atoms with E-state index in [4.69, 9.17) is 50.9 Å². The zero-order valence-corrected chi connectivity index (χ0v) is 20.5. The summed E-state index contributed by atoms with van der Waals surface area (Å²) in [4.78, 5) is 0. The van der Waals surface area contributed by atoms with Gasteiger partial charge >= 0.3 is 203 Å². The third kappa shape index (κ3) is 3.23. The van der Waals surface area contributed by atoms with Gasteiger partial charge in [-0.25, -0.2) is 0 Å². The molecule has 0 heterocycles. The second kappa shape index (κ2) is 8.75. The Bertz CT molecular complexity index is 1060. The first kappa shape index (κ1) is 22.6. The normalized spacial score (nSPS) is 12.9. The zero-order chi connectivity index (χ0) is 22.1. The Labute approximate surface area is 202 Å². The molecule has 0 radical (unpaired) electrons. The number of benzene rings is 4. The average molecular weight is 508 g/mol. The number of hydrogen-bond donors (Lipinski definition) is 0. The van der Waals surface area contributed by atoms with Crippen molar-refractivity contribution in [3.05, 3.63) is 117 Å². The van der Waals surface area contributed by atoms with Crippen molar-refractivity contribution in [3.8, 4) is 0 Å². The van der Waals surface area contributed by atoms with Gasteiger partial charge in [-0.05, 0) is 0 Å². The molecule has 6 heteroatoms. The van der Waals surface area contributed by atoms with Crippen molar-refractivity contribution in [1.29, 1.82) is 0 Å². The Morgan fingerprint density at radius 3 is 0.871 bits per heavy atom. The van der Waals surface area contributed by atoms with E-state index in [1.165, 1.54) is 0 Å². The summed E-state index contributed by atoms with van der Waals surface area (Å²) in [6.45, 7) is -4.06. The quantitative estimate of drug-likeness (QED) is 0.264. The molecule has 0 bridgehead atoms. The molecule has 31 heavy (non-hydrogen) atoms. The van der Waals surface area contributed by atoms with Crippen LogP contribution in [0.15, 0.2) is 97.1 Å². The van der Waals surface area contributed by atoms with Gasteiger partial charge in [-0.1, -0.05) is 0 Å². The fourth-order valence-electron chi connectivity index (χ4n) is 4.36. The third-order valence-electron chi connectivity index (χ3n) is 5.61. The maximum absolute atomic E-state index is 6.91. The molecular formula is C25H19Cl4OP. The van der Waals surface area contributed by atoms with Crippen LogP contribution < -0.4 is 21.2 Å². The first-order valence-electron chi connectivity index (χ1n) is 9.55. The van der Waals surface area contributed by atoms with E-state index < -0.39 is 6.83 Å². The second-order valence-corrected chi connectivity index (χ2v) is 13.0. The summed E-state index contributed by atoms with van der Waals surface area (Å²) in [5.41, 5.74) is 0. The summed E-state index contributed by atoms with van der Waals surface area (Å²) in [7, 11) is 1.68. The molecule has 0 unspecified atom stereocenters. The van der Waals surface area contributed by atoms with Gasteiger partial charge in [-0.3, -0.25) is 0 Å². The molecule has 0 amide bonds. The van der Waals surface area contributed by atoms with E-state index in [9.17, 15) is 0 Å². The summed E-state index contributed by atoms with van der Waals surface area (Å²) < 4.78 is 6.79. The standard InChI is InChI=1S/C25H19Cl4OP/c1-30-31(22-14-6-2-10-18(22)26,23-15-7-3-11-19(23)27,24-16-8-4-12-20(24)28)25-17-9-5-13-21(25)29/h2-17H,1H3. The second-order valence-electron chi connectivity index (χ2n) is 7.02. The fourth-order valence-corrected chi connectivity index (χ4v) is 12.6. The SMILES string of the molecule is COP(c1ccccc1Cl)(c1ccccc1Cl)(c1ccccc1Cl)c1ccccc1Cl. The Morgan fingerprint density at radius 1 is 0.452 bits per heavy atom. The van der Waals surface area contributed by atoms with E-state index in [1.807, 2.05) is 97.1 Å². The van der Waals surface area contributed by atoms with Crippen LogP contribution in [0.4, 0.5) is 0 Å². The van der Waals surface area contributed by atoms with Gasteiger partial charge < -0.3 is 0 Å². The maximum atomic E-state index is 6.91. The molecule has 4 aromatic carbocycles. The molecule has 0 aliphatic carbocycles. The van der Waals surface area contributed by atoms with E-state index in [0.29, 0.717) is 20.1 Å². The summed E-state index contributed by atoms with van der Waals surface area (Å²) in [5.74, 6) is 0. The molecule has 0 aromatic heterocycles. The van der Waals surface area contributed by atoms with Crippen molar-refractivity contribution < 1.29 is 4.52 Å². The van der Waals surface area contributed by atoms with Gasteiger partial charge in [0.1, 0.15) is 0 Å². The zero-order valence-electron chi connectivity index (χ0n) is 16.6. The average Bonchev–Trinajstić information content (AvgIpc) is 2.78. The Balaban J connectivity index is 2.42. The molecular weight excluding hydrogens is 489 g/mol. The fraction of sp³-hybridized carbons (Fsp3) is 0.0400. The van der Waals surface area contributed by atoms with Gasteiger partial charge in [-0.15, -0.1) is 0 Å². The Morgan fingerprint density at radius 2 is 0.677 bits per heavy atom. The van der Waals surface area contributed by atoms with Crippen LogP contribution in [0, 0.1) is 0 Å². The van der Waals surface area contributed by atoms with E-state index in [0.717, 1.165) is 21.2 Å². The van der Waals surface area contributed by atoms with Gasteiger partial charge in [0.2, 0.25) is 0 Å². The van der Waals surface area contributed by atoms with Crippen molar-refractivity contribution in [2.45, 2.75) is 0 Å². The summed E-state index contributed by atoms with van der Waals surface area (Å²) in [6.07, 6.45) is 0. The van der Waals surface area contributed by atoms with Crippen molar-refractivity contribution in [1.82, 2.24) is 0 Å². The molecule has 1 nitrogen and oxygen atoms in total. The summed E-state index contributed by atoms with van der Waals surface area (Å²) >= 11 is 27.6. The van der Waals surface area contributed by atoms with Crippen molar-refractivity contribution in [2.75, 3.05) is 7.11 Å². The van der Waals surface area contributed by atoms with E-state index >= 15 is 0 Å². The van der Waals surface area contributed by atoms with Gasteiger partial charge in [0.25, 0.3) is 0 Å². The van der Waals surface area contributed by atoms with E-state index in [-0.39, 0.29) is 0 Å². The van der Waals surface area contributed by atoms with Gasteiger partial charge in [0, 0.05) is 0 Å². The van der Waals surface area contributed by atoms with Crippen LogP contribution in [0.25, 0.3) is 0 Å². The monoisotopic (exact) mass is 506 g/mol. The number of hydrogen-bond acceptors (Lipinski definition) is 1. The number of rotatable bonds is 5. The molecule has 0 fully saturated rings. The third-order valence-corrected chi connectivity index (χ3v) is 13.4. The van der Waals surface area contributed by atoms with Crippen LogP contribution in [0.3, 0.4) is 0 Å². The summed E-state index contributed by atoms with van der Waals surface area (Å²) in [6, 6.07) is 30.6. The molecule has 0 N–H and O–H groups in total. The van der Waals surface area contributed by atoms with Crippen LogP contribution >= 0.6 is 53.2 Å². The molecule has 0 atom stereocenters. The predicted octanol–water partition coefficient (Wildman–Crippen LogP) is 7.02. The minimum atomic E-state index is -4.06.